The number of ketones is 1. The molecule has 0 spiro atoms. The van der Waals surface area contributed by atoms with Gasteiger partial charge in [-0.25, -0.2) is 0 Å². The van der Waals surface area contributed by atoms with Crippen molar-refractivity contribution >= 4 is 21.7 Å². The van der Waals surface area contributed by atoms with E-state index in [0.717, 1.165) is 35.2 Å². The number of hydrogen-bond donors (Lipinski definition) is 0. The molecule has 1 aromatic rings. The molecule has 0 saturated heterocycles. The molecule has 1 rings (SSSR count). The summed E-state index contributed by atoms with van der Waals surface area (Å²) >= 11 is 3.61. The number of carbonyl (C=O) groups excluding carboxylic acids is 1. The molecule has 5 heteroatoms. The minimum atomic E-state index is -0.422. The molecule has 1 atom stereocenters. The lowest BCUT2D eigenvalue weighted by molar-refractivity contribution is -0.128. The summed E-state index contributed by atoms with van der Waals surface area (Å²) in [4.78, 5) is 14.7. The largest absolute Gasteiger partial charge is 0.297 e. The van der Waals surface area contributed by atoms with Crippen molar-refractivity contribution in [2.24, 2.45) is 0 Å². The van der Waals surface area contributed by atoms with Crippen molar-refractivity contribution in [2.75, 3.05) is 14.1 Å². The summed E-state index contributed by atoms with van der Waals surface area (Å²) in [6.07, 6.45) is 2.09. The second-order valence-corrected chi connectivity index (χ2v) is 6.29. The van der Waals surface area contributed by atoms with Crippen LogP contribution in [0.4, 0.5) is 0 Å². The Bertz CT molecular complexity index is 482. The zero-order chi connectivity index (χ0) is 15.5. The van der Waals surface area contributed by atoms with Crippen LogP contribution in [0.3, 0.4) is 0 Å². The van der Waals surface area contributed by atoms with Gasteiger partial charge in [0.25, 0.3) is 0 Å². The Morgan fingerprint density at radius 1 is 1.35 bits per heavy atom. The lowest BCUT2D eigenvalue weighted by atomic mass is 9.89. The Morgan fingerprint density at radius 2 is 1.95 bits per heavy atom. The van der Waals surface area contributed by atoms with Gasteiger partial charge in [-0.3, -0.25) is 14.4 Å². The van der Waals surface area contributed by atoms with Gasteiger partial charge in [0.05, 0.1) is 27.8 Å². The molecule has 0 aliphatic rings. The second-order valence-electron chi connectivity index (χ2n) is 5.50. The Hall–Kier alpha value is -0.680. The molecule has 0 saturated carbocycles. The molecule has 0 radical (unpaired) electrons. The number of rotatable bonds is 7. The monoisotopic (exact) mass is 343 g/mol. The SMILES string of the molecule is CCc1nn(CC)c(CC(=O)C(C)(CC)N(C)C)c1Br. The summed E-state index contributed by atoms with van der Waals surface area (Å²) in [5.41, 5.74) is 1.60. The zero-order valence-electron chi connectivity index (χ0n) is 13.5. The number of aryl methyl sites for hydroxylation is 2. The topological polar surface area (TPSA) is 38.1 Å². The molecule has 0 aliphatic heterocycles. The van der Waals surface area contributed by atoms with Crippen LogP contribution in [0.25, 0.3) is 0 Å². The number of hydrogen-bond acceptors (Lipinski definition) is 3. The van der Waals surface area contributed by atoms with Crippen molar-refractivity contribution in [3.8, 4) is 0 Å². The average molecular weight is 344 g/mol. The quantitative estimate of drug-likeness (QED) is 0.763. The summed E-state index contributed by atoms with van der Waals surface area (Å²) in [6.45, 7) is 8.98. The highest BCUT2D eigenvalue weighted by atomic mass is 79.9. The first kappa shape index (κ1) is 17.4. The van der Waals surface area contributed by atoms with Gasteiger partial charge in [-0.1, -0.05) is 13.8 Å². The highest BCUT2D eigenvalue weighted by molar-refractivity contribution is 9.10. The van der Waals surface area contributed by atoms with E-state index < -0.39 is 5.54 Å². The van der Waals surface area contributed by atoms with Crippen LogP contribution in [0.2, 0.25) is 0 Å². The predicted octanol–water partition coefficient (Wildman–Crippen LogP) is 3.07. The van der Waals surface area contributed by atoms with Crippen LogP contribution in [0.15, 0.2) is 4.47 Å². The van der Waals surface area contributed by atoms with E-state index in [2.05, 4.69) is 41.8 Å². The normalized spacial score (nSPS) is 14.6. The van der Waals surface area contributed by atoms with Gasteiger partial charge in [-0.05, 0) is 56.7 Å². The Kier molecular flexibility index (Phi) is 5.95. The highest BCUT2D eigenvalue weighted by Gasteiger charge is 2.34. The van der Waals surface area contributed by atoms with Gasteiger partial charge in [0.15, 0.2) is 5.78 Å². The van der Waals surface area contributed by atoms with E-state index in [9.17, 15) is 4.79 Å². The lowest BCUT2D eigenvalue weighted by Crippen LogP contribution is -2.48. The molecule has 20 heavy (non-hydrogen) atoms. The van der Waals surface area contributed by atoms with Gasteiger partial charge < -0.3 is 0 Å². The van der Waals surface area contributed by atoms with Gasteiger partial charge >= 0.3 is 0 Å². The third kappa shape index (κ3) is 3.14. The fraction of sp³-hybridized carbons (Fsp3) is 0.733. The Balaban J connectivity index is 3.10. The summed E-state index contributed by atoms with van der Waals surface area (Å²) in [5.74, 6) is 0.239. The first-order chi connectivity index (χ1) is 9.31. The van der Waals surface area contributed by atoms with E-state index >= 15 is 0 Å². The number of nitrogens with zero attached hydrogens (tertiary/aromatic N) is 3. The van der Waals surface area contributed by atoms with Crippen LogP contribution >= 0.6 is 15.9 Å². The lowest BCUT2D eigenvalue weighted by Gasteiger charge is -2.34. The van der Waals surface area contributed by atoms with E-state index in [1.165, 1.54) is 0 Å². The van der Waals surface area contributed by atoms with Crippen LogP contribution < -0.4 is 0 Å². The number of carbonyl (C=O) groups is 1. The molecule has 1 aromatic heterocycles. The molecule has 0 aliphatic carbocycles. The van der Waals surface area contributed by atoms with Crippen LogP contribution in [-0.4, -0.2) is 40.1 Å². The van der Waals surface area contributed by atoms with Crippen molar-refractivity contribution in [3.05, 3.63) is 15.9 Å². The van der Waals surface area contributed by atoms with Crippen molar-refractivity contribution < 1.29 is 4.79 Å². The van der Waals surface area contributed by atoms with E-state index in [0.29, 0.717) is 6.42 Å². The number of Topliss-reactive ketones (excluding diaryl/α,β-unsaturated/α-hetero) is 1. The molecule has 0 fully saturated rings. The zero-order valence-corrected chi connectivity index (χ0v) is 15.0. The van der Waals surface area contributed by atoms with E-state index in [-0.39, 0.29) is 5.78 Å². The summed E-state index contributed by atoms with van der Waals surface area (Å²) in [6, 6.07) is 0. The molecule has 0 N–H and O–H groups in total. The van der Waals surface area contributed by atoms with Crippen LogP contribution in [0.1, 0.15) is 45.5 Å². The van der Waals surface area contributed by atoms with Crippen LogP contribution in [0, 0.1) is 0 Å². The van der Waals surface area contributed by atoms with Gasteiger partial charge in [-0.15, -0.1) is 0 Å². The predicted molar refractivity (Wildman–Crippen MR) is 86.1 cm³/mol. The van der Waals surface area contributed by atoms with Gasteiger partial charge in [0, 0.05) is 6.54 Å². The van der Waals surface area contributed by atoms with E-state index in [1.807, 2.05) is 30.6 Å². The molecular formula is C15H26BrN3O. The van der Waals surface area contributed by atoms with Crippen LogP contribution in [-0.2, 0) is 24.2 Å². The number of likely N-dealkylation sites (N-methyl/N-ethyl adjacent to an activating group) is 1. The summed E-state index contributed by atoms with van der Waals surface area (Å²) in [7, 11) is 3.93. The number of aromatic nitrogens is 2. The number of halogens is 1. The maximum absolute atomic E-state index is 12.7. The van der Waals surface area contributed by atoms with Gasteiger partial charge in [-0.2, -0.15) is 5.10 Å². The maximum atomic E-state index is 12.7. The smallest absolute Gasteiger partial charge is 0.158 e. The molecule has 0 bridgehead atoms. The third-order valence-corrected chi connectivity index (χ3v) is 5.21. The standard InChI is InChI=1S/C15H26BrN3O/c1-7-11-14(16)12(19(9-3)17-11)10-13(20)15(4,8-2)18(5)6/h7-10H2,1-6H3. The van der Waals surface area contributed by atoms with E-state index in [4.69, 9.17) is 0 Å². The molecule has 0 aromatic carbocycles. The summed E-state index contributed by atoms with van der Waals surface area (Å²) < 4.78 is 2.93. The highest BCUT2D eigenvalue weighted by Crippen LogP contribution is 2.26. The molecule has 1 unspecified atom stereocenters. The second kappa shape index (κ2) is 6.85. The first-order valence-electron chi connectivity index (χ1n) is 7.26. The molecule has 4 nitrogen and oxygen atoms in total. The van der Waals surface area contributed by atoms with Crippen molar-refractivity contribution in [3.63, 3.8) is 0 Å². The fourth-order valence-electron chi connectivity index (χ4n) is 2.29. The molecule has 0 amide bonds. The van der Waals surface area contributed by atoms with Crippen molar-refractivity contribution in [1.29, 1.82) is 0 Å². The van der Waals surface area contributed by atoms with E-state index in [1.54, 1.807) is 0 Å². The average Bonchev–Trinajstić information content (AvgIpc) is 2.73. The first-order valence-corrected chi connectivity index (χ1v) is 8.05. The maximum Gasteiger partial charge on any atom is 0.158 e. The van der Waals surface area contributed by atoms with Crippen molar-refractivity contribution in [2.45, 2.75) is 59.0 Å². The Labute approximate surface area is 130 Å². The summed E-state index contributed by atoms with van der Waals surface area (Å²) in [5, 5.41) is 4.56. The minimum absolute atomic E-state index is 0.239. The van der Waals surface area contributed by atoms with Crippen LogP contribution in [0.5, 0.6) is 0 Å². The van der Waals surface area contributed by atoms with Gasteiger partial charge in [0.1, 0.15) is 0 Å². The fourth-order valence-corrected chi connectivity index (χ4v) is 3.00. The molecule has 114 valence electrons. The van der Waals surface area contributed by atoms with Gasteiger partial charge in [0.2, 0.25) is 0 Å². The molecular weight excluding hydrogens is 318 g/mol. The van der Waals surface area contributed by atoms with Crippen molar-refractivity contribution in [1.82, 2.24) is 14.7 Å². The Morgan fingerprint density at radius 3 is 2.35 bits per heavy atom. The minimum Gasteiger partial charge on any atom is -0.297 e. The third-order valence-electron chi connectivity index (χ3n) is 4.30. The molecule has 1 heterocycles.